The highest BCUT2D eigenvalue weighted by molar-refractivity contribution is 6.63. The molecule has 5 saturated carbocycles. The lowest BCUT2D eigenvalue weighted by molar-refractivity contribution is 0.0874. The van der Waals surface area contributed by atoms with Gasteiger partial charge in [-0.3, -0.25) is 0 Å². The molecule has 1 heterocycles. The van der Waals surface area contributed by atoms with Crippen molar-refractivity contribution < 1.29 is 4.74 Å². The van der Waals surface area contributed by atoms with Crippen molar-refractivity contribution in [3.63, 3.8) is 0 Å². The summed E-state index contributed by atoms with van der Waals surface area (Å²) in [5, 5.41) is -0.499. The molecule has 1 nitrogen and oxygen atoms in total. The van der Waals surface area contributed by atoms with E-state index in [1.54, 1.807) is 0 Å². The van der Waals surface area contributed by atoms with Crippen molar-refractivity contribution >= 4 is 69.6 Å². The molecular weight excluding hydrogens is 373 g/mol. The van der Waals surface area contributed by atoms with Crippen molar-refractivity contribution in [3.8, 4) is 0 Å². The van der Waals surface area contributed by atoms with Crippen LogP contribution in [0.25, 0.3) is 0 Å². The molecule has 0 N–H and O–H groups in total. The Morgan fingerprint density at radius 2 is 1.32 bits per heavy atom. The molecule has 0 amide bonds. The van der Waals surface area contributed by atoms with E-state index in [0.717, 1.165) is 0 Å². The number of epoxide rings is 1. The SMILES string of the molecule is Cl[C@H]1[C@]2(Cl)[C@@H]3[C@@H]4[C@@H]5O[C@@H]5[C@@H]5[C@H]4[C@@]1(Cl)[C@@](Cl)([C@@H]53)C2(Cl)Cl. The number of alkyl halides is 6. The van der Waals surface area contributed by atoms with Gasteiger partial charge < -0.3 is 4.74 Å². The number of rotatable bonds is 0. The number of hydrogen-bond donors (Lipinski definition) is 0. The largest absolute Gasteiger partial charge is 0.369 e. The van der Waals surface area contributed by atoms with Crippen molar-refractivity contribution in [1.82, 2.24) is 0 Å². The number of ether oxygens (including phenoxy) is 1. The minimum absolute atomic E-state index is 0.128. The monoisotopic (exact) mass is 378 g/mol. The highest BCUT2D eigenvalue weighted by Gasteiger charge is 3.04. The maximum atomic E-state index is 6.99. The predicted octanol–water partition coefficient (Wildman–Crippen LogP) is 3.62. The Kier molecular flexibility index (Phi) is 1.72. The molecule has 6 aliphatic rings. The summed E-state index contributed by atoms with van der Waals surface area (Å²) >= 11 is 40.8. The smallest absolute Gasteiger partial charge is 0.160 e. The van der Waals surface area contributed by atoms with Gasteiger partial charge in [0, 0.05) is 0 Å². The minimum Gasteiger partial charge on any atom is -0.369 e. The summed E-state index contributed by atoms with van der Waals surface area (Å²) in [5.41, 5.74) is 0. The van der Waals surface area contributed by atoms with Crippen molar-refractivity contribution in [2.75, 3.05) is 0 Å². The van der Waals surface area contributed by atoms with E-state index in [-0.39, 0.29) is 30.0 Å². The quantitative estimate of drug-likeness (QED) is 0.462. The van der Waals surface area contributed by atoms with Gasteiger partial charge in [-0.25, -0.2) is 0 Å². The fourth-order valence-corrected chi connectivity index (χ4v) is 10.8. The van der Waals surface area contributed by atoms with Crippen LogP contribution in [0.2, 0.25) is 0 Å². The fourth-order valence-electron chi connectivity index (χ4n) is 6.79. The molecule has 19 heavy (non-hydrogen) atoms. The first-order valence-electron chi connectivity index (χ1n) is 6.49. The van der Waals surface area contributed by atoms with Gasteiger partial charge in [-0.2, -0.15) is 0 Å². The Balaban J connectivity index is 1.75. The molecule has 104 valence electrons. The lowest BCUT2D eigenvalue weighted by Gasteiger charge is -2.53. The van der Waals surface area contributed by atoms with E-state index in [0.29, 0.717) is 11.8 Å². The van der Waals surface area contributed by atoms with Gasteiger partial charge in [0.2, 0.25) is 0 Å². The molecule has 6 rings (SSSR count). The van der Waals surface area contributed by atoms with Gasteiger partial charge in [-0.05, 0) is 29.6 Å². The Morgan fingerprint density at radius 1 is 0.737 bits per heavy atom. The molecule has 7 heteroatoms. The highest BCUT2D eigenvalue weighted by Crippen LogP contribution is 2.94. The molecule has 0 radical (unpaired) electrons. The zero-order valence-corrected chi connectivity index (χ0v) is 13.8. The Labute approximate surface area is 140 Å². The first kappa shape index (κ1) is 12.2. The third-order valence-electron chi connectivity index (χ3n) is 7.03. The van der Waals surface area contributed by atoms with E-state index in [4.69, 9.17) is 74.3 Å². The number of halogens is 6. The third kappa shape index (κ3) is 0.718. The second kappa shape index (κ2) is 2.68. The van der Waals surface area contributed by atoms with Crippen LogP contribution in [0.5, 0.6) is 0 Å². The number of hydrogen-bond acceptors (Lipinski definition) is 1. The van der Waals surface area contributed by atoms with E-state index in [1.165, 1.54) is 0 Å². The zero-order valence-electron chi connectivity index (χ0n) is 9.29. The van der Waals surface area contributed by atoms with Crippen LogP contribution < -0.4 is 0 Å². The molecule has 0 unspecified atom stereocenters. The van der Waals surface area contributed by atoms with Crippen LogP contribution in [0.1, 0.15) is 0 Å². The van der Waals surface area contributed by atoms with Crippen molar-refractivity contribution in [2.24, 2.45) is 29.6 Å². The van der Waals surface area contributed by atoms with Crippen LogP contribution in [0.3, 0.4) is 0 Å². The summed E-state index contributed by atoms with van der Waals surface area (Å²) in [7, 11) is 0. The average molecular weight is 381 g/mol. The Hall–Kier alpha value is 1.70. The third-order valence-corrected chi connectivity index (χ3v) is 12.0. The Morgan fingerprint density at radius 3 is 1.95 bits per heavy atom. The van der Waals surface area contributed by atoms with Gasteiger partial charge in [0.05, 0.1) is 22.5 Å². The molecule has 0 aromatic carbocycles. The first-order valence-corrected chi connectivity index (χ1v) is 8.82. The standard InChI is InChI=1S/C12H8Cl6O/c13-8-9(14)3-1-4-5(2(3)7-6(1)19-7)11(9,16)12(17,18)10(4,8)15/h1-8H/t1-,2-,3+,4-,5+,6+,7-,8-,9+,10-,11+/m1/s1. The van der Waals surface area contributed by atoms with Crippen LogP contribution in [-0.2, 0) is 4.74 Å². The first-order chi connectivity index (χ1) is 8.75. The second-order valence-corrected chi connectivity index (χ2v) is 10.6. The van der Waals surface area contributed by atoms with Gasteiger partial charge in [0.15, 0.2) is 4.33 Å². The average Bonchev–Trinajstić information content (AvgIpc) is 2.89. The molecule has 11 atom stereocenters. The van der Waals surface area contributed by atoms with Gasteiger partial charge in [-0.1, -0.05) is 23.2 Å². The summed E-state index contributed by atoms with van der Waals surface area (Å²) in [6.07, 6.45) is 0.556. The molecule has 6 bridgehead atoms. The van der Waals surface area contributed by atoms with E-state index < -0.39 is 24.3 Å². The zero-order chi connectivity index (χ0) is 13.3. The summed E-state index contributed by atoms with van der Waals surface area (Å²) in [6, 6.07) is 0. The maximum absolute atomic E-state index is 6.99. The molecular formula is C12H8Cl6O. The summed E-state index contributed by atoms with van der Waals surface area (Å²) < 4.78 is 4.49. The van der Waals surface area contributed by atoms with E-state index in [1.807, 2.05) is 0 Å². The molecule has 6 fully saturated rings. The summed E-state index contributed by atoms with van der Waals surface area (Å²) in [6.45, 7) is 0. The van der Waals surface area contributed by atoms with Crippen LogP contribution >= 0.6 is 69.6 Å². The van der Waals surface area contributed by atoms with Gasteiger partial charge in [0.1, 0.15) is 9.75 Å². The minimum atomic E-state index is -1.29. The lowest BCUT2D eigenvalue weighted by atomic mass is 9.62. The predicted molar refractivity (Wildman–Crippen MR) is 75.9 cm³/mol. The van der Waals surface area contributed by atoms with Gasteiger partial charge in [-0.15, -0.1) is 46.4 Å². The van der Waals surface area contributed by atoms with E-state index in [2.05, 4.69) is 0 Å². The van der Waals surface area contributed by atoms with Gasteiger partial charge >= 0.3 is 0 Å². The molecule has 1 saturated heterocycles. The Bertz CT molecular complexity index is 552. The topological polar surface area (TPSA) is 12.5 Å². The van der Waals surface area contributed by atoms with Crippen molar-refractivity contribution in [3.05, 3.63) is 0 Å². The fraction of sp³-hybridized carbons (Fsp3) is 1.00. The maximum Gasteiger partial charge on any atom is 0.160 e. The van der Waals surface area contributed by atoms with Crippen LogP contribution in [-0.4, -0.2) is 36.5 Å². The van der Waals surface area contributed by atoms with Crippen molar-refractivity contribution in [2.45, 2.75) is 36.5 Å². The van der Waals surface area contributed by atoms with Crippen LogP contribution in [0.4, 0.5) is 0 Å². The van der Waals surface area contributed by atoms with E-state index >= 15 is 0 Å². The van der Waals surface area contributed by atoms with Crippen molar-refractivity contribution in [1.29, 1.82) is 0 Å². The lowest BCUT2D eigenvalue weighted by Crippen LogP contribution is -2.64. The molecule has 0 spiro atoms. The van der Waals surface area contributed by atoms with Gasteiger partial charge in [0.25, 0.3) is 0 Å². The molecule has 1 aliphatic heterocycles. The highest BCUT2D eigenvalue weighted by atomic mass is 35.5. The van der Waals surface area contributed by atoms with Crippen LogP contribution in [0.15, 0.2) is 0 Å². The molecule has 0 aromatic heterocycles. The molecule has 5 aliphatic carbocycles. The number of fused-ring (bicyclic) bond motifs is 5. The second-order valence-electron chi connectivity index (χ2n) is 6.98. The summed E-state index contributed by atoms with van der Waals surface area (Å²) in [5.74, 6) is 1.17. The van der Waals surface area contributed by atoms with Crippen LogP contribution in [0, 0.1) is 29.6 Å². The normalized spacial score (nSPS) is 83.1. The summed E-state index contributed by atoms with van der Waals surface area (Å²) in [4.78, 5) is -2.70. The van der Waals surface area contributed by atoms with E-state index in [9.17, 15) is 0 Å². The molecule has 0 aromatic rings.